The molecule has 140 valence electrons. The van der Waals surface area contributed by atoms with E-state index in [1.807, 2.05) is 13.8 Å². The van der Waals surface area contributed by atoms with Crippen LogP contribution in [0, 0.1) is 5.92 Å². The zero-order valence-electron chi connectivity index (χ0n) is 14.4. The summed E-state index contributed by atoms with van der Waals surface area (Å²) in [6.45, 7) is 5.55. The molecule has 1 aromatic carbocycles. The first-order valence-corrected chi connectivity index (χ1v) is 8.45. The van der Waals surface area contributed by atoms with Gasteiger partial charge in [0.25, 0.3) is 5.91 Å². The molecule has 0 saturated carbocycles. The Morgan fingerprint density at radius 1 is 1.32 bits per heavy atom. The maximum Gasteiger partial charge on any atom is 0.252 e. The maximum atomic E-state index is 12.4. The number of benzene rings is 1. The molecule has 1 saturated heterocycles. The molecule has 1 heterocycles. The SMILES string of the molecule is CC(C)CNC(=O)c1ccc(NC(=O)C2(N)CCOCC2)cc1Cl.Cl. The monoisotopic (exact) mass is 389 g/mol. The average Bonchev–Trinajstić information content (AvgIpc) is 2.53. The van der Waals surface area contributed by atoms with Gasteiger partial charge in [0.2, 0.25) is 5.91 Å². The molecule has 1 aliphatic heterocycles. The van der Waals surface area contributed by atoms with Gasteiger partial charge in [-0.1, -0.05) is 25.4 Å². The number of carbonyl (C=O) groups is 2. The van der Waals surface area contributed by atoms with Gasteiger partial charge >= 0.3 is 0 Å². The molecular formula is C17H25Cl2N3O3. The van der Waals surface area contributed by atoms with E-state index in [1.54, 1.807) is 18.2 Å². The molecule has 1 fully saturated rings. The van der Waals surface area contributed by atoms with Gasteiger partial charge in [0.15, 0.2) is 0 Å². The van der Waals surface area contributed by atoms with Crippen LogP contribution in [0.3, 0.4) is 0 Å². The van der Waals surface area contributed by atoms with Crippen molar-refractivity contribution in [2.24, 2.45) is 11.7 Å². The second-order valence-corrected chi connectivity index (χ2v) is 6.93. The zero-order valence-corrected chi connectivity index (χ0v) is 16.0. The molecule has 0 radical (unpaired) electrons. The Morgan fingerprint density at radius 3 is 2.52 bits per heavy atom. The predicted molar refractivity (Wildman–Crippen MR) is 101 cm³/mol. The summed E-state index contributed by atoms with van der Waals surface area (Å²) in [6, 6.07) is 4.81. The van der Waals surface area contributed by atoms with Crippen molar-refractivity contribution in [2.75, 3.05) is 25.1 Å². The van der Waals surface area contributed by atoms with E-state index in [4.69, 9.17) is 22.1 Å². The topological polar surface area (TPSA) is 93.5 Å². The third kappa shape index (κ3) is 5.85. The van der Waals surface area contributed by atoms with Crippen LogP contribution in [0.25, 0.3) is 0 Å². The van der Waals surface area contributed by atoms with Crippen molar-refractivity contribution < 1.29 is 14.3 Å². The van der Waals surface area contributed by atoms with Gasteiger partial charge in [0.05, 0.1) is 10.6 Å². The van der Waals surface area contributed by atoms with E-state index in [-0.39, 0.29) is 29.2 Å². The number of ether oxygens (including phenoxy) is 1. The van der Waals surface area contributed by atoms with Crippen LogP contribution in [-0.2, 0) is 9.53 Å². The normalized spacial score (nSPS) is 16.0. The minimum absolute atomic E-state index is 0. The quantitative estimate of drug-likeness (QED) is 0.721. The van der Waals surface area contributed by atoms with Crippen LogP contribution in [-0.4, -0.2) is 37.1 Å². The average molecular weight is 390 g/mol. The number of rotatable bonds is 5. The van der Waals surface area contributed by atoms with Gasteiger partial charge in [-0.15, -0.1) is 12.4 Å². The minimum Gasteiger partial charge on any atom is -0.381 e. The largest absolute Gasteiger partial charge is 0.381 e. The van der Waals surface area contributed by atoms with Gasteiger partial charge in [-0.25, -0.2) is 0 Å². The fourth-order valence-electron chi connectivity index (χ4n) is 2.39. The second-order valence-electron chi connectivity index (χ2n) is 6.52. The highest BCUT2D eigenvalue weighted by molar-refractivity contribution is 6.34. The van der Waals surface area contributed by atoms with Crippen LogP contribution in [0.2, 0.25) is 5.02 Å². The first kappa shape index (κ1) is 21.7. The zero-order chi connectivity index (χ0) is 17.7. The predicted octanol–water partition coefficient (Wildman–Crippen LogP) is 2.59. The Morgan fingerprint density at radius 2 is 1.96 bits per heavy atom. The lowest BCUT2D eigenvalue weighted by Gasteiger charge is -2.31. The van der Waals surface area contributed by atoms with E-state index in [2.05, 4.69) is 10.6 Å². The highest BCUT2D eigenvalue weighted by Crippen LogP contribution is 2.24. The first-order valence-electron chi connectivity index (χ1n) is 8.07. The minimum atomic E-state index is -0.933. The molecule has 2 amide bonds. The fraction of sp³-hybridized carbons (Fsp3) is 0.529. The van der Waals surface area contributed by atoms with Gasteiger partial charge in [-0.2, -0.15) is 0 Å². The van der Waals surface area contributed by atoms with Gasteiger partial charge in [0.1, 0.15) is 5.54 Å². The van der Waals surface area contributed by atoms with Crippen LogP contribution in [0.4, 0.5) is 5.69 Å². The summed E-state index contributed by atoms with van der Waals surface area (Å²) in [4.78, 5) is 24.5. The number of amides is 2. The van der Waals surface area contributed by atoms with Crippen molar-refractivity contribution in [3.63, 3.8) is 0 Å². The number of hydrogen-bond acceptors (Lipinski definition) is 4. The van der Waals surface area contributed by atoms with E-state index in [0.717, 1.165) is 0 Å². The molecule has 1 aliphatic rings. The van der Waals surface area contributed by atoms with Crippen LogP contribution < -0.4 is 16.4 Å². The highest BCUT2D eigenvalue weighted by Gasteiger charge is 2.36. The summed E-state index contributed by atoms with van der Waals surface area (Å²) in [7, 11) is 0. The van der Waals surface area contributed by atoms with Crippen molar-refractivity contribution in [1.29, 1.82) is 0 Å². The van der Waals surface area contributed by atoms with Crippen molar-refractivity contribution in [3.05, 3.63) is 28.8 Å². The molecule has 1 aromatic rings. The molecule has 0 aliphatic carbocycles. The van der Waals surface area contributed by atoms with Crippen LogP contribution in [0.15, 0.2) is 18.2 Å². The fourth-order valence-corrected chi connectivity index (χ4v) is 2.65. The molecule has 0 aromatic heterocycles. The molecule has 0 atom stereocenters. The van der Waals surface area contributed by atoms with Gasteiger partial charge < -0.3 is 21.1 Å². The molecule has 0 spiro atoms. The summed E-state index contributed by atoms with van der Waals surface area (Å²) in [5.74, 6) is -0.142. The standard InChI is InChI=1S/C17H24ClN3O3.ClH/c1-11(2)10-20-15(22)13-4-3-12(9-14(13)18)21-16(23)17(19)5-7-24-8-6-17;/h3-4,9,11H,5-8,10,19H2,1-2H3,(H,20,22)(H,21,23);1H. The van der Waals surface area contributed by atoms with E-state index in [1.165, 1.54) is 0 Å². The third-order valence-electron chi connectivity index (χ3n) is 3.98. The summed E-state index contributed by atoms with van der Waals surface area (Å²) in [5.41, 5.74) is 6.11. The lowest BCUT2D eigenvalue weighted by molar-refractivity contribution is -0.124. The highest BCUT2D eigenvalue weighted by atomic mass is 35.5. The Bertz CT molecular complexity index is 617. The molecule has 6 nitrogen and oxygen atoms in total. The number of nitrogens with one attached hydrogen (secondary N) is 2. The third-order valence-corrected chi connectivity index (χ3v) is 4.29. The first-order chi connectivity index (χ1) is 11.3. The van der Waals surface area contributed by atoms with Crippen molar-refractivity contribution >= 4 is 41.5 Å². The van der Waals surface area contributed by atoms with Crippen LogP contribution >= 0.6 is 24.0 Å². The maximum absolute atomic E-state index is 12.4. The molecule has 8 heteroatoms. The number of nitrogens with two attached hydrogens (primary N) is 1. The summed E-state index contributed by atoms with van der Waals surface area (Å²) in [6.07, 6.45) is 0.949. The Labute approximate surface area is 159 Å². The van der Waals surface area contributed by atoms with E-state index >= 15 is 0 Å². The van der Waals surface area contributed by atoms with Gasteiger partial charge in [-0.3, -0.25) is 9.59 Å². The summed E-state index contributed by atoms with van der Waals surface area (Å²) in [5, 5.41) is 5.87. The van der Waals surface area contributed by atoms with Gasteiger partial charge in [-0.05, 0) is 37.0 Å². The Balaban J connectivity index is 0.00000312. The summed E-state index contributed by atoms with van der Waals surface area (Å²) < 4.78 is 5.24. The Kier molecular flexibility index (Phi) is 8.15. The van der Waals surface area contributed by atoms with E-state index < -0.39 is 5.54 Å². The summed E-state index contributed by atoms with van der Waals surface area (Å²) >= 11 is 6.18. The second kappa shape index (κ2) is 9.38. The van der Waals surface area contributed by atoms with E-state index in [0.29, 0.717) is 49.8 Å². The number of carbonyl (C=O) groups excluding carboxylic acids is 2. The number of halogens is 2. The Hall–Kier alpha value is -1.34. The van der Waals surface area contributed by atoms with Crippen LogP contribution in [0.1, 0.15) is 37.0 Å². The number of anilines is 1. The molecule has 0 unspecified atom stereocenters. The molecule has 2 rings (SSSR count). The van der Waals surface area contributed by atoms with Crippen LogP contribution in [0.5, 0.6) is 0 Å². The molecule has 25 heavy (non-hydrogen) atoms. The van der Waals surface area contributed by atoms with E-state index in [9.17, 15) is 9.59 Å². The lowest BCUT2D eigenvalue weighted by atomic mass is 9.90. The van der Waals surface area contributed by atoms with Crippen molar-refractivity contribution in [2.45, 2.75) is 32.2 Å². The van der Waals surface area contributed by atoms with Gasteiger partial charge in [0, 0.05) is 25.4 Å². The van der Waals surface area contributed by atoms with Crippen molar-refractivity contribution in [3.8, 4) is 0 Å². The molecule has 0 bridgehead atoms. The molecular weight excluding hydrogens is 365 g/mol. The number of hydrogen-bond donors (Lipinski definition) is 3. The molecule has 4 N–H and O–H groups in total. The lowest BCUT2D eigenvalue weighted by Crippen LogP contribution is -2.54. The smallest absolute Gasteiger partial charge is 0.252 e. The van der Waals surface area contributed by atoms with Crippen molar-refractivity contribution in [1.82, 2.24) is 5.32 Å².